The van der Waals surface area contributed by atoms with Crippen LogP contribution in [0, 0.1) is 5.92 Å². The van der Waals surface area contributed by atoms with Crippen LogP contribution in [-0.2, 0) is 11.2 Å². The van der Waals surface area contributed by atoms with Crippen LogP contribution in [0.4, 0.5) is 5.13 Å². The van der Waals surface area contributed by atoms with Crippen LogP contribution in [0.2, 0.25) is 5.02 Å². The third-order valence-electron chi connectivity index (χ3n) is 4.57. The third kappa shape index (κ3) is 4.92. The van der Waals surface area contributed by atoms with Gasteiger partial charge in [-0.2, -0.15) is 4.37 Å². The maximum atomic E-state index is 12.4. The number of hydrogen-bond donors (Lipinski definition) is 0. The van der Waals surface area contributed by atoms with Crippen LogP contribution < -0.4 is 4.90 Å². The lowest BCUT2D eigenvalue weighted by molar-refractivity contribution is -0.130. The molecule has 0 N–H and O–H groups in total. The molecule has 7 heteroatoms. The maximum Gasteiger partial charge on any atom is 0.242 e. The van der Waals surface area contributed by atoms with Gasteiger partial charge in [0, 0.05) is 43.1 Å². The predicted molar refractivity (Wildman–Crippen MR) is 102 cm³/mol. The van der Waals surface area contributed by atoms with E-state index < -0.39 is 0 Å². The highest BCUT2D eigenvalue weighted by Gasteiger charge is 2.22. The smallest absolute Gasteiger partial charge is 0.242 e. The summed E-state index contributed by atoms with van der Waals surface area (Å²) in [4.78, 5) is 20.9. The van der Waals surface area contributed by atoms with Crippen LogP contribution >= 0.6 is 23.1 Å². The van der Waals surface area contributed by atoms with E-state index in [1.54, 1.807) is 0 Å². The summed E-state index contributed by atoms with van der Waals surface area (Å²) >= 11 is 7.25. The second kappa shape index (κ2) is 8.15. The molecule has 3 rings (SSSR count). The highest BCUT2D eigenvalue weighted by atomic mass is 35.5. The van der Waals surface area contributed by atoms with Crippen molar-refractivity contribution < 1.29 is 4.79 Å². The van der Waals surface area contributed by atoms with E-state index in [1.165, 1.54) is 11.5 Å². The van der Waals surface area contributed by atoms with Gasteiger partial charge >= 0.3 is 0 Å². The van der Waals surface area contributed by atoms with Crippen molar-refractivity contribution in [2.45, 2.75) is 26.2 Å². The van der Waals surface area contributed by atoms with Crippen molar-refractivity contribution in [3.63, 3.8) is 0 Å². The number of carbonyl (C=O) groups is 1. The third-order valence-corrected chi connectivity index (χ3v) is 5.69. The Morgan fingerprint density at radius 3 is 2.68 bits per heavy atom. The van der Waals surface area contributed by atoms with Gasteiger partial charge < -0.3 is 9.80 Å². The fourth-order valence-corrected chi connectivity index (χ4v) is 3.65. The van der Waals surface area contributed by atoms with E-state index in [1.807, 2.05) is 41.1 Å². The number of likely N-dealkylation sites (N-methyl/N-ethyl adjacent to an activating group) is 1. The predicted octanol–water partition coefficient (Wildman–Crippen LogP) is 3.48. The first-order chi connectivity index (χ1) is 12.0. The molecule has 0 radical (unpaired) electrons. The zero-order valence-electron chi connectivity index (χ0n) is 14.6. The van der Waals surface area contributed by atoms with Gasteiger partial charge in [-0.25, -0.2) is 4.98 Å². The second-order valence-electron chi connectivity index (χ2n) is 6.72. The Morgan fingerprint density at radius 1 is 1.32 bits per heavy atom. The van der Waals surface area contributed by atoms with Gasteiger partial charge in [-0.1, -0.05) is 30.7 Å². The molecule has 1 aliphatic rings. The van der Waals surface area contributed by atoms with Gasteiger partial charge in [-0.15, -0.1) is 0 Å². The monoisotopic (exact) mass is 378 g/mol. The van der Waals surface area contributed by atoms with Gasteiger partial charge in [0.25, 0.3) is 0 Å². The molecule has 5 nitrogen and oxygen atoms in total. The topological polar surface area (TPSA) is 49.3 Å². The molecule has 1 aromatic carbocycles. The minimum Gasteiger partial charge on any atom is -0.341 e. The van der Waals surface area contributed by atoms with Crippen LogP contribution in [0.15, 0.2) is 24.3 Å². The van der Waals surface area contributed by atoms with Gasteiger partial charge in [-0.05, 0) is 36.5 Å². The van der Waals surface area contributed by atoms with Crippen molar-refractivity contribution in [1.29, 1.82) is 0 Å². The van der Waals surface area contributed by atoms with Crippen LogP contribution in [0.25, 0.3) is 0 Å². The van der Waals surface area contributed by atoms with E-state index in [0.29, 0.717) is 13.0 Å². The first-order valence-electron chi connectivity index (χ1n) is 8.57. The largest absolute Gasteiger partial charge is 0.341 e. The Balaban J connectivity index is 1.55. The molecule has 134 valence electrons. The Hall–Kier alpha value is -1.66. The van der Waals surface area contributed by atoms with Crippen molar-refractivity contribution >= 4 is 34.2 Å². The summed E-state index contributed by atoms with van der Waals surface area (Å²) in [5.74, 6) is 1.66. The normalized spacial score (nSPS) is 15.4. The number of benzene rings is 1. The number of piperidine rings is 1. The van der Waals surface area contributed by atoms with Gasteiger partial charge in [-0.3, -0.25) is 4.79 Å². The molecule has 1 amide bonds. The average molecular weight is 379 g/mol. The van der Waals surface area contributed by atoms with Crippen molar-refractivity contribution in [2.24, 2.45) is 5.92 Å². The number of anilines is 1. The highest BCUT2D eigenvalue weighted by molar-refractivity contribution is 7.09. The summed E-state index contributed by atoms with van der Waals surface area (Å²) in [6.45, 7) is 4.33. The Kier molecular flexibility index (Phi) is 5.91. The quantitative estimate of drug-likeness (QED) is 0.799. The number of amides is 1. The molecule has 0 atom stereocenters. The summed E-state index contributed by atoms with van der Waals surface area (Å²) in [6.07, 6.45) is 2.86. The van der Waals surface area contributed by atoms with Crippen molar-refractivity contribution in [1.82, 2.24) is 14.3 Å². The van der Waals surface area contributed by atoms with Crippen molar-refractivity contribution in [3.05, 3.63) is 40.7 Å². The Morgan fingerprint density at radius 2 is 2.00 bits per heavy atom. The standard InChI is InChI=1S/C18H23ClN4OS/c1-13-7-9-23(10-8-13)17(24)12-22(2)18-20-16(21-25-18)11-14-3-5-15(19)6-4-14/h3-6,13H,7-12H2,1-2H3. The van der Waals surface area contributed by atoms with Gasteiger partial charge in [0.2, 0.25) is 11.0 Å². The average Bonchev–Trinajstić information content (AvgIpc) is 3.06. The number of carbonyl (C=O) groups excluding carboxylic acids is 1. The van der Waals surface area contributed by atoms with Crippen LogP contribution in [0.5, 0.6) is 0 Å². The SMILES string of the molecule is CC1CCN(C(=O)CN(C)c2nc(Cc3ccc(Cl)cc3)ns2)CC1. The molecule has 2 heterocycles. The lowest BCUT2D eigenvalue weighted by atomic mass is 9.99. The van der Waals surface area contributed by atoms with Crippen LogP contribution in [-0.4, -0.2) is 46.8 Å². The zero-order chi connectivity index (χ0) is 17.8. The Bertz CT molecular complexity index is 710. The fourth-order valence-electron chi connectivity index (χ4n) is 2.88. The number of aromatic nitrogens is 2. The second-order valence-corrected chi connectivity index (χ2v) is 7.88. The minimum absolute atomic E-state index is 0.170. The molecule has 1 fully saturated rings. The van der Waals surface area contributed by atoms with Crippen molar-refractivity contribution in [2.75, 3.05) is 31.6 Å². The molecule has 1 aromatic heterocycles. The lowest BCUT2D eigenvalue weighted by Crippen LogP contribution is -2.43. The zero-order valence-corrected chi connectivity index (χ0v) is 16.2. The van der Waals surface area contributed by atoms with E-state index in [4.69, 9.17) is 11.6 Å². The molecule has 0 saturated carbocycles. The first-order valence-corrected chi connectivity index (χ1v) is 9.72. The summed E-state index contributed by atoms with van der Waals surface area (Å²) in [7, 11) is 1.90. The lowest BCUT2D eigenvalue weighted by Gasteiger charge is -2.31. The molecule has 0 spiro atoms. The summed E-state index contributed by atoms with van der Waals surface area (Å²) < 4.78 is 4.42. The van der Waals surface area contributed by atoms with Gasteiger partial charge in [0.05, 0.1) is 6.54 Å². The Labute approximate surface area is 157 Å². The number of rotatable bonds is 5. The highest BCUT2D eigenvalue weighted by Crippen LogP contribution is 2.20. The molecular weight excluding hydrogens is 356 g/mol. The molecule has 0 bridgehead atoms. The number of likely N-dealkylation sites (tertiary alicyclic amines) is 1. The molecule has 25 heavy (non-hydrogen) atoms. The molecule has 1 saturated heterocycles. The van der Waals surface area contributed by atoms with E-state index in [2.05, 4.69) is 16.3 Å². The minimum atomic E-state index is 0.170. The van der Waals surface area contributed by atoms with E-state index in [-0.39, 0.29) is 5.91 Å². The van der Waals surface area contributed by atoms with E-state index in [9.17, 15) is 4.79 Å². The molecule has 0 aliphatic carbocycles. The van der Waals surface area contributed by atoms with Crippen LogP contribution in [0.1, 0.15) is 31.2 Å². The molecule has 0 unspecified atom stereocenters. The molecular formula is C18H23ClN4OS. The first kappa shape index (κ1) is 18.1. The van der Waals surface area contributed by atoms with Gasteiger partial charge in [0.1, 0.15) is 5.82 Å². The maximum absolute atomic E-state index is 12.4. The van der Waals surface area contributed by atoms with Gasteiger partial charge in [0.15, 0.2) is 0 Å². The van der Waals surface area contributed by atoms with Crippen molar-refractivity contribution in [3.8, 4) is 0 Å². The van der Waals surface area contributed by atoms with E-state index in [0.717, 1.165) is 53.4 Å². The fraction of sp³-hybridized carbons (Fsp3) is 0.500. The summed E-state index contributed by atoms with van der Waals surface area (Å²) in [5.41, 5.74) is 1.12. The molecule has 2 aromatic rings. The molecule has 1 aliphatic heterocycles. The summed E-state index contributed by atoms with van der Waals surface area (Å²) in [5, 5.41) is 1.50. The summed E-state index contributed by atoms with van der Waals surface area (Å²) in [6, 6.07) is 7.70. The number of hydrogen-bond acceptors (Lipinski definition) is 5. The van der Waals surface area contributed by atoms with Crippen LogP contribution in [0.3, 0.4) is 0 Å². The number of halogens is 1. The number of nitrogens with zero attached hydrogens (tertiary/aromatic N) is 4. The van der Waals surface area contributed by atoms with E-state index >= 15 is 0 Å².